The summed E-state index contributed by atoms with van der Waals surface area (Å²) in [6, 6.07) is 7.95. The van der Waals surface area contributed by atoms with Crippen LogP contribution in [0.1, 0.15) is 31.2 Å². The Morgan fingerprint density at radius 1 is 1.20 bits per heavy atom. The van der Waals surface area contributed by atoms with E-state index in [9.17, 15) is 4.79 Å². The summed E-state index contributed by atoms with van der Waals surface area (Å²) in [6.07, 6.45) is 5.07. The Morgan fingerprint density at radius 2 is 1.80 bits per heavy atom. The molecule has 0 bridgehead atoms. The molecular weight excluding hydrogens is 252 g/mol. The smallest absolute Gasteiger partial charge is 0.258 e. The van der Waals surface area contributed by atoms with Gasteiger partial charge in [0, 0.05) is 12.6 Å². The van der Waals surface area contributed by atoms with Crippen molar-refractivity contribution in [2.24, 2.45) is 17.6 Å². The second-order valence-electron chi connectivity index (χ2n) is 5.90. The van der Waals surface area contributed by atoms with Gasteiger partial charge in [0.1, 0.15) is 5.75 Å². The minimum atomic E-state index is -0.00305. The molecule has 0 atom stereocenters. The molecule has 1 aromatic carbocycles. The largest absolute Gasteiger partial charge is 0.484 e. The first kappa shape index (κ1) is 13.4. The third-order valence-electron chi connectivity index (χ3n) is 4.12. The number of nitrogens with two attached hydrogens (primary N) is 1. The second-order valence-corrected chi connectivity index (χ2v) is 5.90. The minimum absolute atomic E-state index is 0.00305. The number of hydrogen-bond donors (Lipinski definition) is 2. The van der Waals surface area contributed by atoms with Crippen LogP contribution in [0.4, 0.5) is 0 Å². The molecule has 0 aliphatic heterocycles. The van der Waals surface area contributed by atoms with Crippen LogP contribution in [-0.4, -0.2) is 18.6 Å². The van der Waals surface area contributed by atoms with E-state index in [1.165, 1.54) is 25.7 Å². The predicted octanol–water partition coefficient (Wildman–Crippen LogP) is 1.83. The quantitative estimate of drug-likeness (QED) is 0.797. The maximum Gasteiger partial charge on any atom is 0.258 e. The van der Waals surface area contributed by atoms with Crippen molar-refractivity contribution in [3.05, 3.63) is 29.8 Å². The van der Waals surface area contributed by atoms with E-state index < -0.39 is 0 Å². The highest BCUT2D eigenvalue weighted by Crippen LogP contribution is 2.44. The highest BCUT2D eigenvalue weighted by molar-refractivity contribution is 5.78. The van der Waals surface area contributed by atoms with E-state index in [-0.39, 0.29) is 12.5 Å². The van der Waals surface area contributed by atoms with Crippen molar-refractivity contribution >= 4 is 5.91 Å². The lowest BCUT2D eigenvalue weighted by atomic mass is 10.1. The molecule has 2 fully saturated rings. The number of benzene rings is 1. The summed E-state index contributed by atoms with van der Waals surface area (Å²) < 4.78 is 5.52. The van der Waals surface area contributed by atoms with Gasteiger partial charge in [0.25, 0.3) is 5.91 Å². The lowest BCUT2D eigenvalue weighted by molar-refractivity contribution is -0.124. The second kappa shape index (κ2) is 5.83. The molecule has 0 radical (unpaired) electrons. The summed E-state index contributed by atoms with van der Waals surface area (Å²) in [6.45, 7) is 0.614. The lowest BCUT2D eigenvalue weighted by Gasteiger charge is -2.17. The van der Waals surface area contributed by atoms with E-state index in [4.69, 9.17) is 10.5 Å². The molecule has 20 heavy (non-hydrogen) atoms. The number of carbonyl (C=O) groups is 1. The summed E-state index contributed by atoms with van der Waals surface area (Å²) in [7, 11) is 0. The molecular formula is C16H22N2O2. The molecule has 3 rings (SSSR count). The average molecular weight is 274 g/mol. The normalized spacial score (nSPS) is 18.1. The van der Waals surface area contributed by atoms with Crippen LogP contribution in [0.25, 0.3) is 0 Å². The van der Waals surface area contributed by atoms with Gasteiger partial charge in [-0.15, -0.1) is 0 Å². The van der Waals surface area contributed by atoms with Gasteiger partial charge in [-0.2, -0.15) is 0 Å². The standard InChI is InChI=1S/C16H22N2O2/c17-9-11-1-7-14(8-2-11)20-10-15(19)18-16(12-3-4-12)13-5-6-13/h1-2,7-8,12-13,16H,3-6,9-10,17H2,(H,18,19). The van der Waals surface area contributed by atoms with E-state index >= 15 is 0 Å². The fourth-order valence-corrected chi connectivity index (χ4v) is 2.63. The van der Waals surface area contributed by atoms with E-state index in [0.717, 1.165) is 17.4 Å². The topological polar surface area (TPSA) is 64.3 Å². The van der Waals surface area contributed by atoms with Crippen LogP contribution >= 0.6 is 0 Å². The zero-order valence-electron chi connectivity index (χ0n) is 11.7. The number of hydrogen-bond acceptors (Lipinski definition) is 3. The molecule has 3 N–H and O–H groups in total. The summed E-state index contributed by atoms with van der Waals surface area (Å²) in [5.41, 5.74) is 6.60. The zero-order chi connectivity index (χ0) is 13.9. The highest BCUT2D eigenvalue weighted by atomic mass is 16.5. The maximum atomic E-state index is 12.0. The van der Waals surface area contributed by atoms with Crippen molar-refractivity contribution in [2.75, 3.05) is 6.61 Å². The molecule has 2 saturated carbocycles. The number of amides is 1. The van der Waals surface area contributed by atoms with Gasteiger partial charge >= 0.3 is 0 Å². The molecule has 108 valence electrons. The summed E-state index contributed by atoms with van der Waals surface area (Å²) in [5.74, 6) is 2.15. The van der Waals surface area contributed by atoms with Crippen molar-refractivity contribution in [3.63, 3.8) is 0 Å². The zero-order valence-corrected chi connectivity index (χ0v) is 11.7. The van der Waals surface area contributed by atoms with Crippen LogP contribution in [0, 0.1) is 11.8 Å². The molecule has 2 aliphatic rings. The van der Waals surface area contributed by atoms with Gasteiger partial charge in [0.15, 0.2) is 6.61 Å². The maximum absolute atomic E-state index is 12.0. The number of rotatable bonds is 7. The Kier molecular flexibility index (Phi) is 3.92. The summed E-state index contributed by atoms with van der Waals surface area (Å²) in [4.78, 5) is 12.0. The van der Waals surface area contributed by atoms with Crippen molar-refractivity contribution in [2.45, 2.75) is 38.3 Å². The number of nitrogens with one attached hydrogen (secondary N) is 1. The third kappa shape index (κ3) is 3.51. The van der Waals surface area contributed by atoms with Crippen LogP contribution in [0.2, 0.25) is 0 Å². The van der Waals surface area contributed by atoms with Gasteiger partial charge < -0.3 is 15.8 Å². The van der Waals surface area contributed by atoms with Gasteiger partial charge in [0.2, 0.25) is 0 Å². The number of ether oxygens (including phenoxy) is 1. The Morgan fingerprint density at radius 3 is 2.30 bits per heavy atom. The van der Waals surface area contributed by atoms with E-state index in [2.05, 4.69) is 5.32 Å². The van der Waals surface area contributed by atoms with Crippen LogP contribution < -0.4 is 15.8 Å². The molecule has 1 amide bonds. The molecule has 0 saturated heterocycles. The first-order valence-electron chi connectivity index (χ1n) is 7.47. The Bertz CT molecular complexity index is 452. The molecule has 0 unspecified atom stereocenters. The van der Waals surface area contributed by atoms with Gasteiger partial charge in [-0.25, -0.2) is 0 Å². The first-order chi connectivity index (χ1) is 9.76. The fourth-order valence-electron chi connectivity index (χ4n) is 2.63. The predicted molar refractivity (Wildman–Crippen MR) is 77.2 cm³/mol. The van der Waals surface area contributed by atoms with Crippen LogP contribution in [0.5, 0.6) is 5.75 Å². The van der Waals surface area contributed by atoms with Crippen molar-refractivity contribution < 1.29 is 9.53 Å². The number of carbonyl (C=O) groups excluding carboxylic acids is 1. The van der Waals surface area contributed by atoms with Crippen LogP contribution in [0.15, 0.2) is 24.3 Å². The first-order valence-corrected chi connectivity index (χ1v) is 7.47. The van der Waals surface area contributed by atoms with Crippen LogP contribution in [-0.2, 0) is 11.3 Å². The molecule has 0 spiro atoms. The Balaban J connectivity index is 1.45. The Labute approximate surface area is 119 Å². The fraction of sp³-hybridized carbons (Fsp3) is 0.562. The van der Waals surface area contributed by atoms with Gasteiger partial charge in [0.05, 0.1) is 0 Å². The molecule has 4 heteroatoms. The third-order valence-corrected chi connectivity index (χ3v) is 4.12. The molecule has 0 aromatic heterocycles. The highest BCUT2D eigenvalue weighted by Gasteiger charge is 2.42. The van der Waals surface area contributed by atoms with E-state index in [1.807, 2.05) is 24.3 Å². The molecule has 1 aromatic rings. The molecule has 0 heterocycles. The summed E-state index contributed by atoms with van der Waals surface area (Å²) in [5, 5.41) is 3.15. The molecule has 4 nitrogen and oxygen atoms in total. The van der Waals surface area contributed by atoms with Gasteiger partial charge in [-0.3, -0.25) is 4.79 Å². The van der Waals surface area contributed by atoms with Crippen LogP contribution in [0.3, 0.4) is 0 Å². The lowest BCUT2D eigenvalue weighted by Crippen LogP contribution is -2.40. The van der Waals surface area contributed by atoms with Crippen molar-refractivity contribution in [1.29, 1.82) is 0 Å². The van der Waals surface area contributed by atoms with Gasteiger partial charge in [-0.05, 0) is 55.2 Å². The van der Waals surface area contributed by atoms with Crippen molar-refractivity contribution in [1.82, 2.24) is 5.32 Å². The van der Waals surface area contributed by atoms with E-state index in [0.29, 0.717) is 18.3 Å². The SMILES string of the molecule is NCc1ccc(OCC(=O)NC(C2CC2)C2CC2)cc1. The Hall–Kier alpha value is -1.55. The minimum Gasteiger partial charge on any atom is -0.484 e. The van der Waals surface area contributed by atoms with Crippen molar-refractivity contribution in [3.8, 4) is 5.75 Å². The monoisotopic (exact) mass is 274 g/mol. The van der Waals surface area contributed by atoms with Gasteiger partial charge in [-0.1, -0.05) is 12.1 Å². The average Bonchev–Trinajstić information content (AvgIpc) is 3.36. The van der Waals surface area contributed by atoms with E-state index in [1.54, 1.807) is 0 Å². The summed E-state index contributed by atoms with van der Waals surface area (Å²) >= 11 is 0. The molecule has 2 aliphatic carbocycles.